The molecule has 0 N–H and O–H groups in total. The average molecular weight is 374 g/mol. The van der Waals surface area contributed by atoms with Gasteiger partial charge in [-0.05, 0) is 35.0 Å². The Bertz CT molecular complexity index is 1160. The number of rotatable bonds is 5. The minimum Gasteiger partial charge on any atom is -0.497 e. The molecule has 0 saturated heterocycles. The van der Waals surface area contributed by atoms with E-state index in [1.165, 1.54) is 0 Å². The second-order valence-corrected chi connectivity index (χ2v) is 6.44. The molecule has 0 fully saturated rings. The van der Waals surface area contributed by atoms with Crippen molar-refractivity contribution in [1.29, 1.82) is 0 Å². The summed E-state index contributed by atoms with van der Waals surface area (Å²) in [5.41, 5.74) is 1.86. The first-order valence-corrected chi connectivity index (χ1v) is 9.00. The molecule has 0 aliphatic heterocycles. The molecule has 28 heavy (non-hydrogen) atoms. The molecule has 0 radical (unpaired) electrons. The second-order valence-electron chi connectivity index (χ2n) is 6.44. The lowest BCUT2D eigenvalue weighted by Gasteiger charge is -2.19. The third-order valence-electron chi connectivity index (χ3n) is 5.06. The van der Waals surface area contributed by atoms with E-state index in [0.717, 1.165) is 55.7 Å². The van der Waals surface area contributed by atoms with E-state index in [9.17, 15) is 0 Å². The topological polar surface area (TPSA) is 36.9 Å². The normalized spacial score (nSPS) is 10.9. The van der Waals surface area contributed by atoms with Crippen LogP contribution >= 0.6 is 0 Å². The summed E-state index contributed by atoms with van der Waals surface area (Å²) in [5.74, 6) is 3.11. The summed E-state index contributed by atoms with van der Waals surface area (Å²) >= 11 is 0. The Kier molecular flexibility index (Phi) is 4.70. The van der Waals surface area contributed by atoms with Crippen molar-refractivity contribution >= 4 is 21.5 Å². The summed E-state index contributed by atoms with van der Waals surface area (Å²) in [6.45, 7) is 0. The molecule has 4 nitrogen and oxygen atoms in total. The van der Waals surface area contributed by atoms with Gasteiger partial charge in [-0.1, -0.05) is 36.4 Å². The summed E-state index contributed by atoms with van der Waals surface area (Å²) in [6, 6.07) is 20.1. The summed E-state index contributed by atoms with van der Waals surface area (Å²) in [6.07, 6.45) is 0. The van der Waals surface area contributed by atoms with E-state index < -0.39 is 0 Å². The highest BCUT2D eigenvalue weighted by molar-refractivity contribution is 6.07. The monoisotopic (exact) mass is 374 g/mol. The fourth-order valence-electron chi connectivity index (χ4n) is 3.74. The Balaban J connectivity index is 2.17. The summed E-state index contributed by atoms with van der Waals surface area (Å²) in [7, 11) is 6.72. The second kappa shape index (κ2) is 7.31. The molecule has 0 heterocycles. The highest BCUT2D eigenvalue weighted by atomic mass is 16.5. The minimum absolute atomic E-state index is 0.761. The van der Waals surface area contributed by atoms with Gasteiger partial charge in [0.2, 0.25) is 0 Å². The van der Waals surface area contributed by atoms with Gasteiger partial charge in [-0.2, -0.15) is 0 Å². The van der Waals surface area contributed by atoms with Crippen molar-refractivity contribution in [3.8, 4) is 34.1 Å². The van der Waals surface area contributed by atoms with Crippen LogP contribution in [0.15, 0.2) is 60.7 Å². The highest BCUT2D eigenvalue weighted by Crippen LogP contribution is 2.47. The van der Waals surface area contributed by atoms with Crippen LogP contribution in [0.4, 0.5) is 0 Å². The molecule has 0 spiro atoms. The van der Waals surface area contributed by atoms with Gasteiger partial charge in [-0.3, -0.25) is 0 Å². The fraction of sp³-hybridized carbons (Fsp3) is 0.167. The van der Waals surface area contributed by atoms with Crippen molar-refractivity contribution in [2.24, 2.45) is 0 Å². The maximum atomic E-state index is 5.88. The van der Waals surface area contributed by atoms with Gasteiger partial charge in [-0.25, -0.2) is 0 Å². The lowest BCUT2D eigenvalue weighted by Crippen LogP contribution is -1.96. The predicted octanol–water partition coefficient (Wildman–Crippen LogP) is 5.69. The summed E-state index contributed by atoms with van der Waals surface area (Å²) in [5, 5.41) is 4.10. The first kappa shape index (κ1) is 18.0. The van der Waals surface area contributed by atoms with Gasteiger partial charge >= 0.3 is 0 Å². The largest absolute Gasteiger partial charge is 0.497 e. The van der Waals surface area contributed by atoms with E-state index >= 15 is 0 Å². The summed E-state index contributed by atoms with van der Waals surface area (Å²) in [4.78, 5) is 0. The molecule has 0 amide bonds. The summed E-state index contributed by atoms with van der Waals surface area (Å²) < 4.78 is 22.8. The van der Waals surface area contributed by atoms with Crippen molar-refractivity contribution in [3.05, 3.63) is 60.7 Å². The van der Waals surface area contributed by atoms with Crippen LogP contribution in [0.2, 0.25) is 0 Å². The minimum atomic E-state index is 0.761. The number of methoxy groups -OCH3 is 4. The van der Waals surface area contributed by atoms with E-state index in [2.05, 4.69) is 0 Å². The Morgan fingerprint density at radius 1 is 0.571 bits per heavy atom. The predicted molar refractivity (Wildman–Crippen MR) is 113 cm³/mol. The van der Waals surface area contributed by atoms with E-state index in [1.54, 1.807) is 28.4 Å². The Morgan fingerprint density at radius 3 is 1.96 bits per heavy atom. The fourth-order valence-corrected chi connectivity index (χ4v) is 3.74. The molecule has 0 saturated carbocycles. The van der Waals surface area contributed by atoms with Crippen LogP contribution < -0.4 is 18.9 Å². The maximum Gasteiger partial charge on any atom is 0.134 e. The molecule has 0 aliphatic rings. The SMILES string of the molecule is COc1ccc2ccc(OC)c(-c3cc(OC)c4ccccc4c3OC)c2c1. The van der Waals surface area contributed by atoms with Gasteiger partial charge in [-0.15, -0.1) is 0 Å². The Labute approximate surface area is 164 Å². The van der Waals surface area contributed by atoms with Crippen LogP contribution in [0.3, 0.4) is 0 Å². The van der Waals surface area contributed by atoms with Crippen LogP contribution in [0.5, 0.6) is 23.0 Å². The van der Waals surface area contributed by atoms with Crippen LogP contribution in [0.1, 0.15) is 0 Å². The molecule has 4 rings (SSSR count). The van der Waals surface area contributed by atoms with Crippen molar-refractivity contribution < 1.29 is 18.9 Å². The van der Waals surface area contributed by atoms with Gasteiger partial charge in [0, 0.05) is 21.9 Å². The molecule has 0 atom stereocenters. The molecule has 0 bridgehead atoms. The van der Waals surface area contributed by atoms with Gasteiger partial charge in [0.15, 0.2) is 0 Å². The molecule has 0 unspecified atom stereocenters. The quantitative estimate of drug-likeness (QED) is 0.449. The van der Waals surface area contributed by atoms with Gasteiger partial charge in [0.05, 0.1) is 28.4 Å². The number of ether oxygens (including phenoxy) is 4. The molecule has 4 heteroatoms. The third-order valence-corrected chi connectivity index (χ3v) is 5.06. The van der Waals surface area contributed by atoms with Gasteiger partial charge < -0.3 is 18.9 Å². The first-order valence-electron chi connectivity index (χ1n) is 9.00. The van der Waals surface area contributed by atoms with Crippen LogP contribution in [-0.4, -0.2) is 28.4 Å². The zero-order chi connectivity index (χ0) is 19.7. The zero-order valence-corrected chi connectivity index (χ0v) is 16.4. The van der Waals surface area contributed by atoms with Crippen LogP contribution in [0, 0.1) is 0 Å². The molecular formula is C24H22O4. The van der Waals surface area contributed by atoms with Crippen molar-refractivity contribution in [2.75, 3.05) is 28.4 Å². The maximum absolute atomic E-state index is 5.88. The van der Waals surface area contributed by atoms with Crippen LogP contribution in [0.25, 0.3) is 32.7 Å². The van der Waals surface area contributed by atoms with E-state index in [4.69, 9.17) is 18.9 Å². The van der Waals surface area contributed by atoms with Gasteiger partial charge in [0.1, 0.15) is 23.0 Å². The van der Waals surface area contributed by atoms with E-state index in [0.29, 0.717) is 0 Å². The van der Waals surface area contributed by atoms with Crippen molar-refractivity contribution in [2.45, 2.75) is 0 Å². The Hall–Kier alpha value is -3.40. The van der Waals surface area contributed by atoms with Crippen LogP contribution in [-0.2, 0) is 0 Å². The number of benzene rings is 4. The molecule has 142 valence electrons. The molecule has 4 aromatic carbocycles. The van der Waals surface area contributed by atoms with Crippen molar-refractivity contribution in [1.82, 2.24) is 0 Å². The van der Waals surface area contributed by atoms with E-state index in [-0.39, 0.29) is 0 Å². The van der Waals surface area contributed by atoms with Gasteiger partial charge in [0.25, 0.3) is 0 Å². The molecular weight excluding hydrogens is 352 g/mol. The number of hydrogen-bond acceptors (Lipinski definition) is 4. The zero-order valence-electron chi connectivity index (χ0n) is 16.4. The first-order chi connectivity index (χ1) is 13.7. The Morgan fingerprint density at radius 2 is 1.29 bits per heavy atom. The standard InChI is InChI=1S/C24H22O4/c1-25-16-11-9-15-10-12-21(26-2)23(19(15)13-16)20-14-22(27-3)17-7-5-6-8-18(17)24(20)28-4/h5-14H,1-4H3. The third kappa shape index (κ3) is 2.78. The molecule has 0 aromatic heterocycles. The smallest absolute Gasteiger partial charge is 0.134 e. The number of hydrogen-bond donors (Lipinski definition) is 0. The lowest BCUT2D eigenvalue weighted by atomic mass is 9.93. The van der Waals surface area contributed by atoms with Crippen molar-refractivity contribution in [3.63, 3.8) is 0 Å². The average Bonchev–Trinajstić information content (AvgIpc) is 2.76. The van der Waals surface area contributed by atoms with E-state index in [1.807, 2.05) is 60.7 Å². The number of fused-ring (bicyclic) bond motifs is 2. The molecule has 4 aromatic rings. The highest BCUT2D eigenvalue weighted by Gasteiger charge is 2.20. The lowest BCUT2D eigenvalue weighted by molar-refractivity contribution is 0.408. The molecule has 0 aliphatic carbocycles.